The van der Waals surface area contributed by atoms with Gasteiger partial charge in [-0.05, 0) is 27.7 Å². The molecule has 1 aromatic heterocycles. The molecule has 0 aliphatic carbocycles. The minimum Gasteiger partial charge on any atom is -0.281 e. The average molecular weight is 266 g/mol. The van der Waals surface area contributed by atoms with E-state index >= 15 is 0 Å². The molecule has 0 bridgehead atoms. The Bertz CT molecular complexity index is 465. The van der Waals surface area contributed by atoms with Crippen LogP contribution in [0.4, 0.5) is 0 Å². The zero-order valence-corrected chi connectivity index (χ0v) is 11.3. The lowest BCUT2D eigenvalue weighted by Crippen LogP contribution is -2.48. The van der Waals surface area contributed by atoms with Gasteiger partial charge in [-0.3, -0.25) is 5.10 Å². The third-order valence-corrected chi connectivity index (χ3v) is 4.80. The molecule has 1 heterocycles. The molecule has 0 aliphatic heterocycles. The Morgan fingerprint density at radius 3 is 2.50 bits per heavy atom. The lowest BCUT2D eigenvalue weighted by atomic mass is 10.0. The predicted octanol–water partition coefficient (Wildman–Crippen LogP) is 1.40. The van der Waals surface area contributed by atoms with Crippen LogP contribution in [0.5, 0.6) is 0 Å². The van der Waals surface area contributed by atoms with Gasteiger partial charge >= 0.3 is 0 Å². The summed E-state index contributed by atoms with van der Waals surface area (Å²) in [6.07, 6.45) is 1.28. The van der Waals surface area contributed by atoms with Crippen LogP contribution in [-0.4, -0.2) is 29.5 Å². The molecular weight excluding hydrogens is 250 g/mol. The molecule has 0 amide bonds. The molecule has 0 radical (unpaired) electrons. The summed E-state index contributed by atoms with van der Waals surface area (Å²) in [5.74, 6) is 0. The van der Waals surface area contributed by atoms with Gasteiger partial charge in [-0.2, -0.15) is 5.10 Å². The highest BCUT2D eigenvalue weighted by Gasteiger charge is 2.31. The number of nitrogens with zero attached hydrogens (tertiary/aromatic N) is 1. The van der Waals surface area contributed by atoms with Crippen molar-refractivity contribution < 1.29 is 8.42 Å². The molecule has 1 atom stereocenters. The lowest BCUT2D eigenvalue weighted by Gasteiger charge is -2.28. The number of sulfonamides is 1. The quantitative estimate of drug-likeness (QED) is 0.808. The van der Waals surface area contributed by atoms with Crippen molar-refractivity contribution in [2.45, 2.75) is 43.5 Å². The largest absolute Gasteiger partial charge is 0.281 e. The van der Waals surface area contributed by atoms with Crippen LogP contribution < -0.4 is 4.72 Å². The van der Waals surface area contributed by atoms with Crippen LogP contribution in [0.25, 0.3) is 0 Å². The van der Waals surface area contributed by atoms with Crippen LogP contribution in [-0.2, 0) is 10.0 Å². The Hall–Kier alpha value is -0.590. The molecule has 2 N–H and O–H groups in total. The van der Waals surface area contributed by atoms with Crippen molar-refractivity contribution in [3.8, 4) is 0 Å². The predicted molar refractivity (Wildman–Crippen MR) is 63.0 cm³/mol. The van der Waals surface area contributed by atoms with E-state index in [1.807, 2.05) is 0 Å². The number of hydrogen-bond acceptors (Lipinski definition) is 3. The normalized spacial score (nSPS) is 15.1. The van der Waals surface area contributed by atoms with Gasteiger partial charge in [0.05, 0.1) is 11.9 Å². The van der Waals surface area contributed by atoms with Crippen molar-refractivity contribution in [2.75, 3.05) is 0 Å². The van der Waals surface area contributed by atoms with Crippen LogP contribution in [0.3, 0.4) is 0 Å². The Morgan fingerprint density at radius 2 is 2.12 bits per heavy atom. The number of aryl methyl sites for hydroxylation is 1. The SMILES string of the molecule is Cc1[nH]ncc1S(=O)(=O)NC(C)(C)C(C)Cl. The van der Waals surface area contributed by atoms with E-state index in [0.717, 1.165) is 0 Å². The molecule has 7 heteroatoms. The van der Waals surface area contributed by atoms with E-state index in [0.29, 0.717) is 5.69 Å². The molecule has 16 heavy (non-hydrogen) atoms. The van der Waals surface area contributed by atoms with Crippen molar-refractivity contribution in [1.29, 1.82) is 0 Å². The highest BCUT2D eigenvalue weighted by atomic mass is 35.5. The second-order valence-corrected chi connectivity index (χ2v) is 6.61. The van der Waals surface area contributed by atoms with Crippen LogP contribution in [0.1, 0.15) is 26.5 Å². The van der Waals surface area contributed by atoms with Crippen LogP contribution >= 0.6 is 11.6 Å². The summed E-state index contributed by atoms with van der Waals surface area (Å²) in [6, 6.07) is 0. The summed E-state index contributed by atoms with van der Waals surface area (Å²) in [6.45, 7) is 6.86. The van der Waals surface area contributed by atoms with Gasteiger partial charge < -0.3 is 0 Å². The highest BCUT2D eigenvalue weighted by Crippen LogP contribution is 2.19. The van der Waals surface area contributed by atoms with E-state index in [-0.39, 0.29) is 10.3 Å². The Morgan fingerprint density at radius 1 is 1.56 bits per heavy atom. The first kappa shape index (κ1) is 13.5. The van der Waals surface area contributed by atoms with Crippen molar-refractivity contribution >= 4 is 21.6 Å². The molecule has 1 rings (SSSR count). The summed E-state index contributed by atoms with van der Waals surface area (Å²) >= 11 is 5.93. The summed E-state index contributed by atoms with van der Waals surface area (Å²) in [7, 11) is -3.58. The topological polar surface area (TPSA) is 74.8 Å². The fourth-order valence-electron chi connectivity index (χ4n) is 1.09. The maximum atomic E-state index is 12.0. The first-order chi connectivity index (χ1) is 7.17. The molecule has 1 aromatic rings. The Balaban J connectivity index is 3.03. The first-order valence-corrected chi connectivity index (χ1v) is 6.77. The first-order valence-electron chi connectivity index (χ1n) is 4.85. The maximum Gasteiger partial charge on any atom is 0.244 e. The van der Waals surface area contributed by atoms with E-state index < -0.39 is 15.6 Å². The van der Waals surface area contributed by atoms with E-state index in [1.165, 1.54) is 6.20 Å². The van der Waals surface area contributed by atoms with Gasteiger partial charge in [-0.25, -0.2) is 13.1 Å². The molecule has 0 aliphatic rings. The zero-order valence-electron chi connectivity index (χ0n) is 9.70. The van der Waals surface area contributed by atoms with E-state index in [4.69, 9.17) is 11.6 Å². The molecule has 5 nitrogen and oxygen atoms in total. The minimum absolute atomic E-state index is 0.151. The third kappa shape index (κ3) is 2.75. The van der Waals surface area contributed by atoms with Gasteiger partial charge in [0.15, 0.2) is 0 Å². The average Bonchev–Trinajstić information content (AvgIpc) is 2.49. The van der Waals surface area contributed by atoms with E-state index in [9.17, 15) is 8.42 Å². The van der Waals surface area contributed by atoms with Gasteiger partial charge in [0.2, 0.25) is 10.0 Å². The molecule has 1 unspecified atom stereocenters. The van der Waals surface area contributed by atoms with Crippen molar-refractivity contribution in [3.63, 3.8) is 0 Å². The number of aromatic nitrogens is 2. The molecule has 0 saturated heterocycles. The number of nitrogens with one attached hydrogen (secondary N) is 2. The van der Waals surface area contributed by atoms with Crippen LogP contribution in [0.15, 0.2) is 11.1 Å². The summed E-state index contributed by atoms with van der Waals surface area (Å²) in [5.41, 5.74) is -0.213. The molecular formula is C9H16ClN3O2S. The molecule has 0 saturated carbocycles. The smallest absolute Gasteiger partial charge is 0.244 e. The lowest BCUT2D eigenvalue weighted by molar-refractivity contribution is 0.445. The fraction of sp³-hybridized carbons (Fsp3) is 0.667. The van der Waals surface area contributed by atoms with E-state index in [2.05, 4.69) is 14.9 Å². The molecule has 0 spiro atoms. The van der Waals surface area contributed by atoms with Gasteiger partial charge in [0.25, 0.3) is 0 Å². The zero-order chi connectivity index (χ0) is 12.6. The maximum absolute atomic E-state index is 12.0. The van der Waals surface area contributed by atoms with Crippen molar-refractivity contribution in [1.82, 2.24) is 14.9 Å². The number of H-pyrrole nitrogens is 1. The minimum atomic E-state index is -3.58. The number of aromatic amines is 1. The highest BCUT2D eigenvalue weighted by molar-refractivity contribution is 7.89. The van der Waals surface area contributed by atoms with Gasteiger partial charge in [-0.1, -0.05) is 0 Å². The summed E-state index contributed by atoms with van der Waals surface area (Å²) < 4.78 is 26.6. The third-order valence-electron chi connectivity index (χ3n) is 2.47. The number of alkyl halides is 1. The Kier molecular flexibility index (Phi) is 3.66. The molecule has 0 aromatic carbocycles. The van der Waals surface area contributed by atoms with Gasteiger partial charge in [-0.15, -0.1) is 11.6 Å². The summed E-state index contributed by atoms with van der Waals surface area (Å²) in [4.78, 5) is 0.151. The molecule has 92 valence electrons. The van der Waals surface area contributed by atoms with Gasteiger partial charge in [0, 0.05) is 10.9 Å². The fourth-order valence-corrected chi connectivity index (χ4v) is 2.83. The van der Waals surface area contributed by atoms with Gasteiger partial charge in [0.1, 0.15) is 4.90 Å². The standard InChI is InChI=1S/C9H16ClN3O2S/c1-6-8(5-11-12-6)16(14,15)13-9(3,4)7(2)10/h5,7,13H,1-4H3,(H,11,12). The number of hydrogen-bond donors (Lipinski definition) is 2. The van der Waals surface area contributed by atoms with Crippen LogP contribution in [0.2, 0.25) is 0 Å². The van der Waals surface area contributed by atoms with E-state index in [1.54, 1.807) is 27.7 Å². The monoisotopic (exact) mass is 265 g/mol. The van der Waals surface area contributed by atoms with Crippen LogP contribution in [0, 0.1) is 6.92 Å². The summed E-state index contributed by atoms with van der Waals surface area (Å²) in [5, 5.41) is 5.95. The van der Waals surface area contributed by atoms with Crippen molar-refractivity contribution in [2.24, 2.45) is 0 Å². The second kappa shape index (κ2) is 4.35. The number of halogens is 1. The Labute approximate surface area is 101 Å². The second-order valence-electron chi connectivity index (χ2n) is 4.30. The number of rotatable bonds is 4. The molecule has 0 fully saturated rings. The van der Waals surface area contributed by atoms with Crippen molar-refractivity contribution in [3.05, 3.63) is 11.9 Å².